The lowest BCUT2D eigenvalue weighted by molar-refractivity contribution is 0.520. The summed E-state index contributed by atoms with van der Waals surface area (Å²) in [5.41, 5.74) is 0. The van der Waals surface area contributed by atoms with E-state index >= 15 is 0 Å². The van der Waals surface area contributed by atoms with Gasteiger partial charge in [0.1, 0.15) is 0 Å². The molecule has 0 bridgehead atoms. The average molecular weight is 113 g/mol. The topological polar surface area (TPSA) is 59.6 Å². The first-order valence-electron chi connectivity index (χ1n) is 2.91. The smallest absolute Gasteiger partial charge is 0 e. The Morgan fingerprint density at radius 1 is 0.875 bits per heavy atom. The molecular weight excluding hydrogens is 102 g/mol. The van der Waals surface area contributed by atoms with Gasteiger partial charge >= 0.3 is 0 Å². The molecule has 1 saturated heterocycles. The largest absolute Gasteiger partial charge is 0.317 e. The minimum Gasteiger partial charge on any atom is -0.317 e. The maximum absolute atomic E-state index is 6.00. The van der Waals surface area contributed by atoms with Crippen molar-refractivity contribution in [3.63, 3.8) is 0 Å². The Morgan fingerprint density at radius 2 is 1.38 bits per heavy atom. The second-order valence-corrected chi connectivity index (χ2v) is 1.81. The molecule has 46 valence electrons. The molecule has 0 aliphatic carbocycles. The van der Waals surface area contributed by atoms with Crippen molar-refractivity contribution in [2.75, 3.05) is 13.1 Å². The molecule has 0 unspecified atom stereocenters. The summed E-state index contributed by atoms with van der Waals surface area (Å²) in [7, 11) is 0. The van der Waals surface area contributed by atoms with Crippen molar-refractivity contribution in [1.29, 1.82) is 10.8 Å². The van der Waals surface area contributed by atoms with Crippen molar-refractivity contribution in [1.82, 2.24) is 5.32 Å². The van der Waals surface area contributed by atoms with Crippen LogP contribution < -0.4 is 5.32 Å². The third-order valence-corrected chi connectivity index (χ3v) is 1.21. The lowest BCUT2D eigenvalue weighted by atomic mass is 10.2. The SMILES string of the molecule is C1CCNCC1.N#N. The molecule has 1 N–H and O–H groups in total. The van der Waals surface area contributed by atoms with Crippen molar-refractivity contribution < 1.29 is 0 Å². The van der Waals surface area contributed by atoms with Crippen molar-refractivity contribution in [3.8, 4) is 0 Å². The van der Waals surface area contributed by atoms with Crippen molar-refractivity contribution in [2.24, 2.45) is 0 Å². The summed E-state index contributed by atoms with van der Waals surface area (Å²) in [6.07, 6.45) is 4.22. The number of nitrogens with one attached hydrogen (secondary N) is 1. The fourth-order valence-corrected chi connectivity index (χ4v) is 0.802. The van der Waals surface area contributed by atoms with E-state index in [2.05, 4.69) is 5.32 Å². The molecule has 1 aliphatic rings. The summed E-state index contributed by atoms with van der Waals surface area (Å²) < 4.78 is 0. The van der Waals surface area contributed by atoms with Crippen molar-refractivity contribution >= 4 is 0 Å². The molecule has 1 fully saturated rings. The minimum absolute atomic E-state index is 1.25. The maximum atomic E-state index is 6.00. The molecule has 0 spiro atoms. The predicted octanol–water partition coefficient (Wildman–Crippen LogP) is 0.790. The molecule has 0 aromatic heterocycles. The standard InChI is InChI=1S/C5H11N.N2/c1-2-4-6-5-3-1;1-2/h6H,1-5H2;. The van der Waals surface area contributed by atoms with Crippen LogP contribution in [0.5, 0.6) is 0 Å². The Balaban J connectivity index is 0.000000222. The molecule has 1 aliphatic heterocycles. The Morgan fingerprint density at radius 3 is 1.50 bits per heavy atom. The number of hydrogen-bond donors (Lipinski definition) is 1. The molecule has 0 radical (unpaired) electrons. The van der Waals surface area contributed by atoms with Gasteiger partial charge in [-0.25, -0.2) is 0 Å². The van der Waals surface area contributed by atoms with E-state index in [4.69, 9.17) is 10.8 Å². The lowest BCUT2D eigenvalue weighted by Gasteiger charge is -2.08. The zero-order chi connectivity index (χ0) is 6.24. The summed E-state index contributed by atoms with van der Waals surface area (Å²) in [4.78, 5) is 0. The Kier molecular flexibility index (Phi) is 5.89. The average Bonchev–Trinajstić information content (AvgIpc) is 1.96. The van der Waals surface area contributed by atoms with E-state index in [9.17, 15) is 0 Å². The Labute approximate surface area is 49.5 Å². The van der Waals surface area contributed by atoms with Gasteiger partial charge in [0.25, 0.3) is 0 Å². The van der Waals surface area contributed by atoms with Crippen LogP contribution in [-0.4, -0.2) is 13.1 Å². The van der Waals surface area contributed by atoms with E-state index in [1.807, 2.05) is 0 Å². The predicted molar refractivity (Wildman–Crippen MR) is 30.2 cm³/mol. The highest BCUT2D eigenvalue weighted by Crippen LogP contribution is 1.96. The molecule has 3 nitrogen and oxygen atoms in total. The Hall–Kier alpha value is -0.620. The van der Waals surface area contributed by atoms with Gasteiger partial charge in [-0.15, -0.1) is 0 Å². The van der Waals surface area contributed by atoms with Gasteiger partial charge in [0, 0.05) is 10.8 Å². The second-order valence-electron chi connectivity index (χ2n) is 1.81. The van der Waals surface area contributed by atoms with Gasteiger partial charge in [0.15, 0.2) is 0 Å². The van der Waals surface area contributed by atoms with E-state index < -0.39 is 0 Å². The minimum atomic E-state index is 1.25. The molecule has 1 heterocycles. The van der Waals surface area contributed by atoms with Gasteiger partial charge in [-0.3, -0.25) is 0 Å². The van der Waals surface area contributed by atoms with Crippen LogP contribution in [0.15, 0.2) is 0 Å². The second kappa shape index (κ2) is 6.38. The number of nitrogens with zero attached hydrogens (tertiary/aromatic N) is 2. The molecule has 8 heavy (non-hydrogen) atoms. The number of hydrogen-bond acceptors (Lipinski definition) is 3. The zero-order valence-electron chi connectivity index (χ0n) is 4.93. The van der Waals surface area contributed by atoms with Gasteiger partial charge < -0.3 is 5.32 Å². The van der Waals surface area contributed by atoms with Crippen molar-refractivity contribution in [3.05, 3.63) is 0 Å². The summed E-state index contributed by atoms with van der Waals surface area (Å²) in [5.74, 6) is 0. The van der Waals surface area contributed by atoms with E-state index in [0.717, 1.165) is 0 Å². The molecule has 0 atom stereocenters. The molecule has 0 aromatic carbocycles. The molecule has 0 aromatic rings. The highest BCUT2D eigenvalue weighted by Gasteiger charge is 1.93. The number of piperidine rings is 1. The molecule has 0 amide bonds. The first-order chi connectivity index (χ1) is 4.00. The summed E-state index contributed by atoms with van der Waals surface area (Å²) in [6, 6.07) is 0. The fraction of sp³-hybridized carbons (Fsp3) is 1.00. The highest BCUT2D eigenvalue weighted by atomic mass is 14.9. The zero-order valence-corrected chi connectivity index (χ0v) is 4.93. The lowest BCUT2D eigenvalue weighted by Crippen LogP contribution is -2.21. The molecule has 0 saturated carbocycles. The van der Waals surface area contributed by atoms with Crippen LogP contribution in [0, 0.1) is 10.8 Å². The molecule has 1 rings (SSSR count). The van der Waals surface area contributed by atoms with Gasteiger partial charge in [0.05, 0.1) is 0 Å². The van der Waals surface area contributed by atoms with E-state index in [1.165, 1.54) is 32.4 Å². The first-order valence-corrected chi connectivity index (χ1v) is 2.91. The highest BCUT2D eigenvalue weighted by molar-refractivity contribution is 4.55. The van der Waals surface area contributed by atoms with Crippen LogP contribution in [0.2, 0.25) is 0 Å². The van der Waals surface area contributed by atoms with Crippen LogP contribution in [-0.2, 0) is 0 Å². The van der Waals surface area contributed by atoms with Crippen LogP contribution in [0.3, 0.4) is 0 Å². The third kappa shape index (κ3) is 3.57. The van der Waals surface area contributed by atoms with E-state index in [1.54, 1.807) is 0 Å². The van der Waals surface area contributed by atoms with Crippen LogP contribution in [0.25, 0.3) is 0 Å². The third-order valence-electron chi connectivity index (χ3n) is 1.21. The maximum Gasteiger partial charge on any atom is 0 e. The van der Waals surface area contributed by atoms with Crippen LogP contribution in [0.4, 0.5) is 0 Å². The van der Waals surface area contributed by atoms with E-state index in [0.29, 0.717) is 0 Å². The van der Waals surface area contributed by atoms with Crippen LogP contribution in [0.1, 0.15) is 19.3 Å². The van der Waals surface area contributed by atoms with Gasteiger partial charge in [-0.05, 0) is 25.9 Å². The van der Waals surface area contributed by atoms with E-state index in [-0.39, 0.29) is 0 Å². The summed E-state index contributed by atoms with van der Waals surface area (Å²) in [6.45, 7) is 2.50. The first kappa shape index (κ1) is 7.38. The molecule has 3 heteroatoms. The van der Waals surface area contributed by atoms with Crippen LogP contribution >= 0.6 is 0 Å². The monoisotopic (exact) mass is 113 g/mol. The normalized spacial score (nSPS) is 18.2. The fourth-order valence-electron chi connectivity index (χ4n) is 0.802. The van der Waals surface area contributed by atoms with Gasteiger partial charge in [0.2, 0.25) is 0 Å². The Bertz CT molecular complexity index is 44.4. The van der Waals surface area contributed by atoms with Crippen molar-refractivity contribution in [2.45, 2.75) is 19.3 Å². The molecular formula is C5H11N3. The number of rotatable bonds is 0. The van der Waals surface area contributed by atoms with Gasteiger partial charge in [-0.2, -0.15) is 0 Å². The van der Waals surface area contributed by atoms with Gasteiger partial charge in [-0.1, -0.05) is 6.42 Å². The summed E-state index contributed by atoms with van der Waals surface area (Å²) in [5, 5.41) is 15.3. The quantitative estimate of drug-likeness (QED) is 0.472. The summed E-state index contributed by atoms with van der Waals surface area (Å²) >= 11 is 0.